The van der Waals surface area contributed by atoms with Crippen LogP contribution in [-0.2, 0) is 10.0 Å². The first-order valence-corrected chi connectivity index (χ1v) is 16.6. The maximum Gasteiger partial charge on any atom is 0.256 e. The second kappa shape index (κ2) is 11.0. The van der Waals surface area contributed by atoms with Crippen LogP contribution in [0.3, 0.4) is 0 Å². The lowest BCUT2D eigenvalue weighted by Crippen LogP contribution is -2.55. The van der Waals surface area contributed by atoms with E-state index < -0.39 is 10.0 Å². The average molecular weight is 601 g/mol. The topological polar surface area (TPSA) is 115 Å². The Morgan fingerprint density at radius 1 is 1.10 bits per heavy atom. The molecule has 3 aliphatic heterocycles. The number of aromatic nitrogens is 3. The summed E-state index contributed by atoms with van der Waals surface area (Å²) in [5.74, 6) is 1.68. The molecule has 5 heterocycles. The second-order valence-electron chi connectivity index (χ2n) is 11.5. The molecule has 3 fully saturated rings. The van der Waals surface area contributed by atoms with Gasteiger partial charge in [0.2, 0.25) is 10.0 Å². The van der Waals surface area contributed by atoms with Crippen LogP contribution in [0.15, 0.2) is 30.3 Å². The number of piperazine rings is 1. The Morgan fingerprint density at radius 2 is 1.90 bits per heavy atom. The SMILES string of the molecule is C[C@@H]1CN(c2cc(N3CCC3)nc3cc([C@@H]4CCCCN4C(=O)c4cc(Cl)ccc4NS(C)(=O)=O)nn23)[C@H](C)CN1. The van der Waals surface area contributed by atoms with Crippen molar-refractivity contribution in [3.63, 3.8) is 0 Å². The van der Waals surface area contributed by atoms with Crippen molar-refractivity contribution in [3.8, 4) is 0 Å². The fraction of sp³-hybridized carbons (Fsp3) is 0.536. The van der Waals surface area contributed by atoms with Crippen molar-refractivity contribution < 1.29 is 13.2 Å². The lowest BCUT2D eigenvalue weighted by Gasteiger charge is -2.40. The minimum absolute atomic E-state index is 0.214. The minimum Gasteiger partial charge on any atom is -0.356 e. The van der Waals surface area contributed by atoms with Gasteiger partial charge in [0.25, 0.3) is 5.91 Å². The molecule has 6 rings (SSSR count). The number of amides is 1. The van der Waals surface area contributed by atoms with Crippen LogP contribution in [0.5, 0.6) is 0 Å². The van der Waals surface area contributed by atoms with Gasteiger partial charge in [-0.2, -0.15) is 9.61 Å². The zero-order chi connectivity index (χ0) is 28.9. The molecular formula is C28H37ClN8O3S. The van der Waals surface area contributed by atoms with Gasteiger partial charge in [0.05, 0.1) is 29.2 Å². The standard InChI is InChI=1S/C28H37ClN8O3S/c1-18-17-36(19(2)16-30-18)27-15-25(34-10-6-11-34)31-26-14-23(32-37(26)27)24-7-4-5-12-35(24)28(38)21-13-20(29)8-9-22(21)33-41(3,39)40/h8-9,13-15,18-19,24,30,33H,4-7,10-12,16-17H2,1-3H3/t18-,19-,24+/m1/s1. The first-order valence-electron chi connectivity index (χ1n) is 14.3. The predicted octanol–water partition coefficient (Wildman–Crippen LogP) is 3.52. The van der Waals surface area contributed by atoms with Gasteiger partial charge in [-0.3, -0.25) is 9.52 Å². The largest absolute Gasteiger partial charge is 0.356 e. The van der Waals surface area contributed by atoms with Gasteiger partial charge in [-0.25, -0.2) is 13.4 Å². The van der Waals surface area contributed by atoms with Gasteiger partial charge in [-0.1, -0.05) is 11.6 Å². The van der Waals surface area contributed by atoms with Gasteiger partial charge in [-0.15, -0.1) is 0 Å². The van der Waals surface area contributed by atoms with E-state index in [-0.39, 0.29) is 29.2 Å². The molecule has 0 aliphatic carbocycles. The highest BCUT2D eigenvalue weighted by molar-refractivity contribution is 7.92. The van der Waals surface area contributed by atoms with Crippen LogP contribution >= 0.6 is 11.6 Å². The Labute approximate surface area is 245 Å². The van der Waals surface area contributed by atoms with E-state index in [1.165, 1.54) is 12.1 Å². The number of nitrogens with zero attached hydrogens (tertiary/aromatic N) is 6. The molecule has 220 valence electrons. The normalized spacial score (nSPS) is 23.5. The maximum absolute atomic E-state index is 14.0. The third kappa shape index (κ3) is 5.69. The lowest BCUT2D eigenvalue weighted by molar-refractivity contribution is 0.0607. The number of anilines is 3. The van der Waals surface area contributed by atoms with Crippen LogP contribution in [-0.4, -0.2) is 84.9 Å². The van der Waals surface area contributed by atoms with E-state index in [2.05, 4.69) is 39.8 Å². The molecule has 1 aromatic carbocycles. The van der Waals surface area contributed by atoms with Crippen LogP contribution in [0.1, 0.15) is 61.6 Å². The minimum atomic E-state index is -3.59. The highest BCUT2D eigenvalue weighted by Crippen LogP contribution is 2.36. The van der Waals surface area contributed by atoms with Crippen molar-refractivity contribution >= 4 is 50.5 Å². The quantitative estimate of drug-likeness (QED) is 0.442. The molecule has 2 aromatic heterocycles. The van der Waals surface area contributed by atoms with Crippen LogP contribution in [0.4, 0.5) is 17.3 Å². The summed E-state index contributed by atoms with van der Waals surface area (Å²) in [6.07, 6.45) is 4.78. The summed E-state index contributed by atoms with van der Waals surface area (Å²) in [7, 11) is -3.59. The number of halogens is 1. The maximum atomic E-state index is 14.0. The summed E-state index contributed by atoms with van der Waals surface area (Å²) in [6, 6.07) is 9.14. The second-order valence-corrected chi connectivity index (χ2v) is 13.7. The fourth-order valence-electron chi connectivity index (χ4n) is 6.00. The third-order valence-corrected chi connectivity index (χ3v) is 9.09. The number of rotatable bonds is 6. The Kier molecular flexibility index (Phi) is 7.50. The molecule has 0 unspecified atom stereocenters. The number of nitrogens with one attached hydrogen (secondary N) is 2. The number of benzene rings is 1. The number of carbonyl (C=O) groups is 1. The predicted molar refractivity (Wildman–Crippen MR) is 162 cm³/mol. The number of carbonyl (C=O) groups excluding carboxylic acids is 1. The molecule has 0 radical (unpaired) electrons. The molecular weight excluding hydrogens is 564 g/mol. The summed E-state index contributed by atoms with van der Waals surface area (Å²) >= 11 is 6.26. The summed E-state index contributed by atoms with van der Waals surface area (Å²) in [4.78, 5) is 25.5. The molecule has 13 heteroatoms. The number of hydrogen-bond acceptors (Lipinski definition) is 8. The highest BCUT2D eigenvalue weighted by atomic mass is 35.5. The lowest BCUT2D eigenvalue weighted by atomic mass is 9.98. The van der Waals surface area contributed by atoms with Crippen LogP contribution in [0.25, 0.3) is 5.65 Å². The summed E-state index contributed by atoms with van der Waals surface area (Å²) in [5, 5.41) is 9.00. The molecule has 41 heavy (non-hydrogen) atoms. The summed E-state index contributed by atoms with van der Waals surface area (Å²) in [5.41, 5.74) is 1.98. The van der Waals surface area contributed by atoms with Crippen molar-refractivity contribution in [1.82, 2.24) is 24.8 Å². The fourth-order valence-corrected chi connectivity index (χ4v) is 6.75. The van der Waals surface area contributed by atoms with Crippen molar-refractivity contribution in [2.45, 2.75) is 57.7 Å². The summed E-state index contributed by atoms with van der Waals surface area (Å²) < 4.78 is 28.5. The number of sulfonamides is 1. The molecule has 0 bridgehead atoms. The van der Waals surface area contributed by atoms with Crippen molar-refractivity contribution in [3.05, 3.63) is 46.6 Å². The molecule has 3 saturated heterocycles. The molecule has 11 nitrogen and oxygen atoms in total. The van der Waals surface area contributed by atoms with E-state index in [1.807, 2.05) is 10.6 Å². The first kappa shape index (κ1) is 28.0. The van der Waals surface area contributed by atoms with Gasteiger partial charge in [0.15, 0.2) is 5.65 Å². The van der Waals surface area contributed by atoms with Crippen molar-refractivity contribution in [2.24, 2.45) is 0 Å². The number of fused-ring (bicyclic) bond motifs is 1. The van der Waals surface area contributed by atoms with Gasteiger partial charge in [0, 0.05) is 62.0 Å². The van der Waals surface area contributed by atoms with Crippen LogP contribution < -0.4 is 19.8 Å². The van der Waals surface area contributed by atoms with Gasteiger partial charge >= 0.3 is 0 Å². The number of likely N-dealkylation sites (tertiary alicyclic amines) is 1. The van der Waals surface area contributed by atoms with E-state index >= 15 is 0 Å². The molecule has 1 amide bonds. The van der Waals surface area contributed by atoms with Crippen LogP contribution in [0.2, 0.25) is 5.02 Å². The number of piperidine rings is 1. The molecule has 0 spiro atoms. The Bertz CT molecular complexity index is 1570. The molecule has 0 saturated carbocycles. The zero-order valence-electron chi connectivity index (χ0n) is 23.7. The van der Waals surface area contributed by atoms with E-state index in [9.17, 15) is 13.2 Å². The van der Waals surface area contributed by atoms with E-state index in [4.69, 9.17) is 21.7 Å². The van der Waals surface area contributed by atoms with Crippen molar-refractivity contribution in [2.75, 3.05) is 53.5 Å². The zero-order valence-corrected chi connectivity index (χ0v) is 25.2. The Balaban J connectivity index is 1.40. The van der Waals surface area contributed by atoms with E-state index in [1.54, 1.807) is 11.0 Å². The summed E-state index contributed by atoms with van der Waals surface area (Å²) in [6.45, 7) is 8.66. The smallest absolute Gasteiger partial charge is 0.256 e. The van der Waals surface area contributed by atoms with Crippen LogP contribution in [0, 0.1) is 0 Å². The molecule has 3 aromatic rings. The van der Waals surface area contributed by atoms with Gasteiger partial charge < -0.3 is 20.0 Å². The van der Waals surface area contributed by atoms with Gasteiger partial charge in [0.1, 0.15) is 11.6 Å². The first-order chi connectivity index (χ1) is 19.6. The molecule has 2 N–H and O–H groups in total. The molecule has 3 atom stereocenters. The van der Waals surface area contributed by atoms with E-state index in [0.717, 1.165) is 81.1 Å². The molecule has 3 aliphatic rings. The van der Waals surface area contributed by atoms with Gasteiger partial charge in [-0.05, 0) is 57.7 Å². The average Bonchev–Trinajstić information content (AvgIpc) is 3.33. The third-order valence-electron chi connectivity index (χ3n) is 8.26. The number of hydrogen-bond donors (Lipinski definition) is 2. The monoisotopic (exact) mass is 600 g/mol. The Morgan fingerprint density at radius 3 is 2.63 bits per heavy atom. The van der Waals surface area contributed by atoms with E-state index in [0.29, 0.717) is 17.6 Å². The Hall–Kier alpha value is -3.09. The highest BCUT2D eigenvalue weighted by Gasteiger charge is 2.34. The van der Waals surface area contributed by atoms with Crippen molar-refractivity contribution in [1.29, 1.82) is 0 Å².